The zero-order valence-corrected chi connectivity index (χ0v) is 58.7. The van der Waals surface area contributed by atoms with Crippen molar-refractivity contribution in [2.24, 2.45) is 5.92 Å². The van der Waals surface area contributed by atoms with Gasteiger partial charge < -0.3 is 75.3 Å². The summed E-state index contributed by atoms with van der Waals surface area (Å²) in [6, 6.07) is 0.111. The van der Waals surface area contributed by atoms with E-state index in [9.17, 15) is 47.6 Å². The highest BCUT2D eigenvalue weighted by Gasteiger charge is 2.50. The van der Waals surface area contributed by atoms with Gasteiger partial charge in [0.25, 0.3) is 25.2 Å². The van der Waals surface area contributed by atoms with Crippen LogP contribution in [0.4, 0.5) is 0 Å². The first-order valence-electron chi connectivity index (χ1n) is 29.4. The molecule has 91 heavy (non-hydrogen) atoms. The van der Waals surface area contributed by atoms with Crippen LogP contribution in [0.25, 0.3) is 4.85 Å². The number of aliphatic hydroxyl groups excluding tert-OH is 1. The van der Waals surface area contributed by atoms with Gasteiger partial charge in [0.15, 0.2) is 18.7 Å². The van der Waals surface area contributed by atoms with Gasteiger partial charge in [-0.1, -0.05) is 13.0 Å². The van der Waals surface area contributed by atoms with Crippen LogP contribution in [0, 0.1) is 33.3 Å². The van der Waals surface area contributed by atoms with Crippen LogP contribution in [0.1, 0.15) is 70.0 Å². The molecule has 3 aromatic rings. The summed E-state index contributed by atoms with van der Waals surface area (Å²) in [4.78, 5) is 82.8. The molecule has 6 heterocycles. The molecule has 3 aliphatic heterocycles. The number of nitrogens with one attached hydrogen (secondary N) is 3. The summed E-state index contributed by atoms with van der Waals surface area (Å²) in [5, 5.41) is 10.6. The maximum atomic E-state index is 12.9. The Morgan fingerprint density at radius 3 is 1.32 bits per heavy atom. The van der Waals surface area contributed by atoms with E-state index >= 15 is 0 Å². The number of hydrogen-bond donors (Lipinski definition) is 4. The van der Waals surface area contributed by atoms with Crippen LogP contribution in [-0.4, -0.2) is 213 Å². The Morgan fingerprint density at radius 2 is 0.923 bits per heavy atom. The van der Waals surface area contributed by atoms with Crippen LogP contribution in [0.3, 0.4) is 0 Å². The molecule has 3 aromatic heterocycles. The van der Waals surface area contributed by atoms with Crippen LogP contribution in [-0.2, 0) is 65.4 Å². The van der Waals surface area contributed by atoms with E-state index in [-0.39, 0.29) is 57.1 Å². The van der Waals surface area contributed by atoms with Crippen molar-refractivity contribution in [1.29, 1.82) is 0 Å². The minimum Gasteiger partial charge on any atom is -0.387 e. The smallest absolute Gasteiger partial charge is 0.330 e. The Balaban J connectivity index is 0.000000301. The number of H-pyrrole nitrogens is 3. The third-order valence-electron chi connectivity index (χ3n) is 13.9. The van der Waals surface area contributed by atoms with Gasteiger partial charge in [-0.2, -0.15) is 0 Å². The van der Waals surface area contributed by atoms with Gasteiger partial charge in [0.2, 0.25) is 6.54 Å². The SMILES string of the molecule is COCCO[C@@H]1[C@H](C)[C@@H](/C=C/P(C)(C)=O)O[C@H]1n1cc(C)c(=O)[nH]c1=O.COCCO[C@@H]1[C@H](O)[C@@H](/C=C/P(C)(C)=O)O[C@H]1n1cc(C)c(=O)[nH]c1=O.[C-]#[N+]CCOP(O[C@H]1[C@@H](OCCOC)[C@H](n2cc(C)c(=O)[nH]c2=O)O[C@@H]1/C=C/P(C)(C)=O)N(C(C)C)C(C)C. The third kappa shape index (κ3) is 23.9. The van der Waals surface area contributed by atoms with Crippen molar-refractivity contribution in [2.45, 2.75) is 135 Å². The molecular weight excluding hydrogens is 1270 g/mol. The van der Waals surface area contributed by atoms with E-state index in [1.54, 1.807) is 98.8 Å². The molecule has 4 N–H and O–H groups in total. The number of ether oxygens (including phenoxy) is 9. The number of aliphatic hydroxyl groups is 1. The molecule has 1 unspecified atom stereocenters. The van der Waals surface area contributed by atoms with Crippen molar-refractivity contribution < 1.29 is 70.5 Å². The van der Waals surface area contributed by atoms with Crippen LogP contribution in [0.15, 0.2) is 83.0 Å². The molecule has 0 aliphatic carbocycles. The Labute approximate surface area is 531 Å². The second-order valence-electron chi connectivity index (χ2n) is 23.7. The lowest BCUT2D eigenvalue weighted by molar-refractivity contribution is -0.0783. The quantitative estimate of drug-likeness (QED) is 0.0384. The number of aromatic nitrogens is 6. The Morgan fingerprint density at radius 1 is 0.571 bits per heavy atom. The summed E-state index contributed by atoms with van der Waals surface area (Å²) in [5.74, 6) is 4.66. The zero-order valence-electron chi connectivity index (χ0n) is 55.1. The van der Waals surface area contributed by atoms with E-state index in [1.807, 2.05) is 34.6 Å². The predicted octanol–water partition coefficient (Wildman–Crippen LogP) is 5.40. The van der Waals surface area contributed by atoms with E-state index in [1.165, 1.54) is 51.3 Å². The summed E-state index contributed by atoms with van der Waals surface area (Å²) < 4.78 is 106. The summed E-state index contributed by atoms with van der Waals surface area (Å²) in [6.45, 7) is 33.8. The topological polar surface area (TPSA) is 345 Å². The number of nitrogens with zero attached hydrogens (tertiary/aromatic N) is 5. The monoisotopic (exact) mass is 1360 g/mol. The van der Waals surface area contributed by atoms with Crippen LogP contribution < -0.4 is 33.7 Å². The molecule has 3 aliphatic rings. The van der Waals surface area contributed by atoms with Crippen molar-refractivity contribution in [1.82, 2.24) is 33.3 Å². The Bertz CT molecular complexity index is 3340. The van der Waals surface area contributed by atoms with Crippen molar-refractivity contribution in [3.05, 3.63) is 145 Å². The van der Waals surface area contributed by atoms with Crippen LogP contribution in [0.2, 0.25) is 0 Å². The van der Waals surface area contributed by atoms with Crippen molar-refractivity contribution >= 4 is 30.0 Å². The van der Waals surface area contributed by atoms with Gasteiger partial charge in [-0.25, -0.2) is 25.6 Å². The number of hydrogen-bond acceptors (Lipinski definition) is 22. The van der Waals surface area contributed by atoms with E-state index in [0.29, 0.717) is 36.5 Å². The zero-order chi connectivity index (χ0) is 68.3. The third-order valence-corrected chi connectivity index (χ3v) is 18.7. The number of rotatable bonds is 29. The lowest BCUT2D eigenvalue weighted by Gasteiger charge is -2.38. The molecule has 3 fully saturated rings. The molecule has 33 heteroatoms. The molecule has 0 spiro atoms. The number of methoxy groups -OCH3 is 3. The molecule has 0 aromatic carbocycles. The first kappa shape index (κ1) is 78.8. The Kier molecular flexibility index (Phi) is 31.4. The summed E-state index contributed by atoms with van der Waals surface area (Å²) >= 11 is 0. The van der Waals surface area contributed by atoms with Crippen molar-refractivity contribution in [2.75, 3.05) is 114 Å². The molecule has 6 rings (SSSR count). The summed E-state index contributed by atoms with van der Waals surface area (Å²) in [5.41, 5.74) is -2.23. The Hall–Kier alpha value is -4.65. The van der Waals surface area contributed by atoms with E-state index in [4.69, 9.17) is 58.3 Å². The maximum Gasteiger partial charge on any atom is 0.330 e. The van der Waals surface area contributed by atoms with E-state index in [0.717, 1.165) is 0 Å². The second kappa shape index (κ2) is 36.3. The van der Waals surface area contributed by atoms with Gasteiger partial charge in [0.1, 0.15) is 70.8 Å². The second-order valence-corrected chi connectivity index (χ2v) is 34.6. The van der Waals surface area contributed by atoms with Gasteiger partial charge in [-0.3, -0.25) is 43.0 Å². The van der Waals surface area contributed by atoms with Crippen molar-refractivity contribution in [3.63, 3.8) is 0 Å². The molecule has 29 nitrogen and oxygen atoms in total. The highest BCUT2D eigenvalue weighted by molar-refractivity contribution is 7.66. The number of aryl methyl sites for hydroxylation is 3. The lowest BCUT2D eigenvalue weighted by Crippen LogP contribution is -2.42. The van der Waals surface area contributed by atoms with Gasteiger partial charge in [-0.15, -0.1) is 0 Å². The highest BCUT2D eigenvalue weighted by atomic mass is 31.2. The van der Waals surface area contributed by atoms with Gasteiger partial charge in [-0.05, 0) is 118 Å². The van der Waals surface area contributed by atoms with Crippen LogP contribution >= 0.6 is 30.0 Å². The molecule has 3 saturated heterocycles. The largest absolute Gasteiger partial charge is 0.387 e. The molecule has 0 amide bonds. The fourth-order valence-electron chi connectivity index (χ4n) is 9.46. The lowest BCUT2D eigenvalue weighted by atomic mass is 10.0. The minimum absolute atomic E-state index is 0.0555. The van der Waals surface area contributed by atoms with Crippen LogP contribution in [0.5, 0.6) is 0 Å². The average Bonchev–Trinajstić information content (AvgIpc) is 1.70. The summed E-state index contributed by atoms with van der Waals surface area (Å²) in [7, 11) is -4.42. The summed E-state index contributed by atoms with van der Waals surface area (Å²) in [6.07, 6.45) is 0.696. The molecule has 0 bridgehead atoms. The normalized spacial score (nSPS) is 25.0. The average molecular weight is 1360 g/mol. The van der Waals surface area contributed by atoms with E-state index < -0.39 is 125 Å². The highest BCUT2D eigenvalue weighted by Crippen LogP contribution is 2.51. The standard InChI is InChI=1S/C25H42N4O8P2.C17H27N2O6P.C16H25N2O7P/c1-17(2)29(18(3)4)38(35-12-11-26-6)37-21-20(10-15-39(8,9)32)36-24(22(21)34-14-13-33-7)28-16-19(5)23(30)27-25(28)31;1-11-10-19(17(21)18-15(11)20)16-14(24-8-7-23-3)12(2)13(25-16)6-9-26(4,5)22;1-10-9-18(16(21)17-14(10)20)15-13(24-7-6-23-2)12(19)11(25-15)5-8-26(3,4)22/h10,15-18,20-22,24H,11-14H2,1-5,7-9H3,(H,27,30,31);6,9-10,12-14,16H,7-8H2,1-5H3,(H,18,20,21);5,8-9,11-13,15,19H,6-7H2,1-4H3,(H,17,20,21)/b15-10+;9-6+;8-5+/t20-,21-,22-,24-,38?;12-,13-,14-,16-;11-,12-,13-,15-/m111/s1. The minimum atomic E-state index is -2.57. The maximum absolute atomic E-state index is 12.9. The first-order chi connectivity index (χ1) is 42.6. The number of aromatic amines is 3. The van der Waals surface area contributed by atoms with Gasteiger partial charge in [0.05, 0.1) is 45.7 Å². The van der Waals surface area contributed by atoms with E-state index in [2.05, 4.69) is 24.5 Å². The molecule has 13 atom stereocenters. The molecule has 0 radical (unpaired) electrons. The predicted molar refractivity (Wildman–Crippen MR) is 347 cm³/mol. The van der Waals surface area contributed by atoms with Crippen molar-refractivity contribution in [3.8, 4) is 0 Å². The fourth-order valence-corrected chi connectivity index (χ4v) is 13.0. The molecule has 0 saturated carbocycles. The fraction of sp³-hybridized carbons (Fsp3) is 0.672. The van der Waals surface area contributed by atoms with Gasteiger partial charge >= 0.3 is 17.1 Å². The first-order valence-corrected chi connectivity index (χ1v) is 38.6. The molecular formula is C58H94N8O21P4. The molecule has 512 valence electrons. The van der Waals surface area contributed by atoms with Gasteiger partial charge in [0, 0.05) is 74.6 Å².